The standard InChI is InChI=1S/C15H17N3O4/c1-22-7-6-18-8-11-12(14(18)20)13(17-15(21)16-11)9-2-4-10(19)5-3-9/h2-5,13,19H,6-8H2,1H3,(H2,16,17,21)/t13-/m0/s1. The van der Waals surface area contributed by atoms with Gasteiger partial charge in [-0.25, -0.2) is 4.79 Å². The van der Waals surface area contributed by atoms with E-state index >= 15 is 0 Å². The molecule has 0 radical (unpaired) electrons. The van der Waals surface area contributed by atoms with Crippen molar-refractivity contribution >= 4 is 11.9 Å². The van der Waals surface area contributed by atoms with E-state index in [4.69, 9.17) is 4.74 Å². The molecule has 0 saturated heterocycles. The molecule has 3 rings (SSSR count). The SMILES string of the molecule is COCCN1CC2=C(C1=O)[C@H](c1ccc(O)cc1)NC(=O)N2. The number of benzene rings is 1. The van der Waals surface area contributed by atoms with Gasteiger partial charge in [0, 0.05) is 13.7 Å². The van der Waals surface area contributed by atoms with Gasteiger partial charge in [-0.1, -0.05) is 12.1 Å². The van der Waals surface area contributed by atoms with Gasteiger partial charge in [0.05, 0.1) is 30.5 Å². The lowest BCUT2D eigenvalue weighted by atomic mass is 9.96. The molecule has 3 N–H and O–H groups in total. The van der Waals surface area contributed by atoms with Crippen LogP contribution in [0.2, 0.25) is 0 Å². The van der Waals surface area contributed by atoms with Crippen LogP contribution in [0.5, 0.6) is 5.75 Å². The summed E-state index contributed by atoms with van der Waals surface area (Å²) in [6.07, 6.45) is 0. The van der Waals surface area contributed by atoms with Gasteiger partial charge in [0.15, 0.2) is 0 Å². The quantitative estimate of drug-likeness (QED) is 0.755. The number of nitrogens with one attached hydrogen (secondary N) is 2. The Morgan fingerprint density at radius 3 is 2.73 bits per heavy atom. The fourth-order valence-corrected chi connectivity index (χ4v) is 2.73. The van der Waals surface area contributed by atoms with Gasteiger partial charge in [-0.3, -0.25) is 4.79 Å². The fraction of sp³-hybridized carbons (Fsp3) is 0.333. The van der Waals surface area contributed by atoms with E-state index in [0.717, 1.165) is 5.56 Å². The first-order chi connectivity index (χ1) is 10.6. The normalized spacial score (nSPS) is 20.8. The zero-order chi connectivity index (χ0) is 15.7. The van der Waals surface area contributed by atoms with Crippen LogP contribution in [-0.4, -0.2) is 48.8 Å². The molecule has 0 aliphatic carbocycles. The number of carbonyl (C=O) groups is 2. The maximum atomic E-state index is 12.6. The summed E-state index contributed by atoms with van der Waals surface area (Å²) in [6, 6.07) is 5.61. The van der Waals surface area contributed by atoms with Crippen LogP contribution in [0.3, 0.4) is 0 Å². The van der Waals surface area contributed by atoms with Gasteiger partial charge >= 0.3 is 6.03 Å². The van der Waals surface area contributed by atoms with E-state index in [1.54, 1.807) is 24.1 Å². The molecule has 0 saturated carbocycles. The van der Waals surface area contributed by atoms with Gasteiger partial charge in [-0.05, 0) is 17.7 Å². The molecule has 7 heteroatoms. The number of urea groups is 1. The lowest BCUT2D eigenvalue weighted by Gasteiger charge is -2.25. The number of ether oxygens (including phenoxy) is 1. The van der Waals surface area contributed by atoms with Crippen molar-refractivity contribution in [1.82, 2.24) is 15.5 Å². The van der Waals surface area contributed by atoms with E-state index in [1.165, 1.54) is 12.1 Å². The van der Waals surface area contributed by atoms with Crippen LogP contribution >= 0.6 is 0 Å². The van der Waals surface area contributed by atoms with Crippen LogP contribution in [0.15, 0.2) is 35.5 Å². The van der Waals surface area contributed by atoms with E-state index in [9.17, 15) is 14.7 Å². The number of rotatable bonds is 4. The van der Waals surface area contributed by atoms with E-state index in [-0.39, 0.29) is 17.7 Å². The summed E-state index contributed by atoms with van der Waals surface area (Å²) in [7, 11) is 1.58. The van der Waals surface area contributed by atoms with Gasteiger partial charge in [-0.2, -0.15) is 0 Å². The number of carbonyl (C=O) groups excluding carboxylic acids is 2. The molecule has 116 valence electrons. The van der Waals surface area contributed by atoms with Crippen LogP contribution in [0.4, 0.5) is 4.79 Å². The maximum absolute atomic E-state index is 12.6. The Hall–Kier alpha value is -2.54. The summed E-state index contributed by atoms with van der Waals surface area (Å²) in [6.45, 7) is 1.29. The van der Waals surface area contributed by atoms with E-state index in [0.29, 0.717) is 31.0 Å². The molecule has 0 bridgehead atoms. The number of aromatic hydroxyl groups is 1. The molecule has 1 aromatic carbocycles. The first kappa shape index (κ1) is 14.4. The molecule has 2 aliphatic rings. The van der Waals surface area contributed by atoms with Gasteiger partial charge in [0.1, 0.15) is 5.75 Å². The smallest absolute Gasteiger partial charge is 0.319 e. The summed E-state index contributed by atoms with van der Waals surface area (Å²) in [4.78, 5) is 26.0. The first-order valence-electron chi connectivity index (χ1n) is 6.98. The summed E-state index contributed by atoms with van der Waals surface area (Å²) in [5.41, 5.74) is 1.92. The molecular weight excluding hydrogens is 286 g/mol. The lowest BCUT2D eigenvalue weighted by molar-refractivity contribution is -0.126. The van der Waals surface area contributed by atoms with Crippen molar-refractivity contribution in [2.24, 2.45) is 0 Å². The predicted octanol–water partition coefficient (Wildman–Crippen LogP) is 0.489. The summed E-state index contributed by atoms with van der Waals surface area (Å²) in [5.74, 6) is 0.0234. The predicted molar refractivity (Wildman–Crippen MR) is 78.0 cm³/mol. The average Bonchev–Trinajstić information content (AvgIpc) is 2.81. The Balaban J connectivity index is 1.90. The molecular formula is C15H17N3O4. The molecule has 0 fully saturated rings. The Labute approximate surface area is 127 Å². The highest BCUT2D eigenvalue weighted by Gasteiger charge is 2.40. The largest absolute Gasteiger partial charge is 0.508 e. The first-order valence-corrected chi connectivity index (χ1v) is 6.98. The summed E-state index contributed by atoms with van der Waals surface area (Å²) >= 11 is 0. The molecule has 0 aromatic heterocycles. The highest BCUT2D eigenvalue weighted by atomic mass is 16.5. The number of amides is 3. The highest BCUT2D eigenvalue weighted by molar-refractivity contribution is 6.01. The van der Waals surface area contributed by atoms with Crippen LogP contribution in [0.1, 0.15) is 11.6 Å². The molecule has 22 heavy (non-hydrogen) atoms. The molecule has 7 nitrogen and oxygen atoms in total. The Kier molecular flexibility index (Phi) is 3.72. The molecule has 1 atom stereocenters. The van der Waals surface area contributed by atoms with Crippen molar-refractivity contribution in [1.29, 1.82) is 0 Å². The second kappa shape index (κ2) is 5.69. The minimum atomic E-state index is -0.510. The molecule has 3 amide bonds. The second-order valence-electron chi connectivity index (χ2n) is 5.23. The van der Waals surface area contributed by atoms with Crippen molar-refractivity contribution in [3.05, 3.63) is 41.1 Å². The van der Waals surface area contributed by atoms with Crippen molar-refractivity contribution in [2.75, 3.05) is 26.8 Å². The van der Waals surface area contributed by atoms with Crippen molar-refractivity contribution in [3.63, 3.8) is 0 Å². The second-order valence-corrected chi connectivity index (χ2v) is 5.23. The third-order valence-electron chi connectivity index (χ3n) is 3.81. The summed E-state index contributed by atoms with van der Waals surface area (Å²) in [5, 5.41) is 14.9. The minimum Gasteiger partial charge on any atom is -0.508 e. The molecule has 0 unspecified atom stereocenters. The molecule has 0 spiro atoms. The Morgan fingerprint density at radius 2 is 2.05 bits per heavy atom. The van der Waals surface area contributed by atoms with E-state index in [1.807, 2.05) is 0 Å². The maximum Gasteiger partial charge on any atom is 0.319 e. The van der Waals surface area contributed by atoms with Gasteiger partial charge in [-0.15, -0.1) is 0 Å². The topological polar surface area (TPSA) is 90.9 Å². The zero-order valence-corrected chi connectivity index (χ0v) is 12.1. The minimum absolute atomic E-state index is 0.113. The van der Waals surface area contributed by atoms with Gasteiger partial charge < -0.3 is 25.4 Å². The number of phenols is 1. The van der Waals surface area contributed by atoms with Crippen LogP contribution in [0.25, 0.3) is 0 Å². The molecule has 2 aliphatic heterocycles. The Morgan fingerprint density at radius 1 is 1.32 bits per heavy atom. The Bertz CT molecular complexity index is 639. The lowest BCUT2D eigenvalue weighted by Crippen LogP contribution is -2.44. The van der Waals surface area contributed by atoms with E-state index in [2.05, 4.69) is 10.6 Å². The van der Waals surface area contributed by atoms with Crippen LogP contribution < -0.4 is 10.6 Å². The van der Waals surface area contributed by atoms with Crippen LogP contribution in [0, 0.1) is 0 Å². The van der Waals surface area contributed by atoms with Crippen molar-refractivity contribution in [3.8, 4) is 5.75 Å². The number of hydrogen-bond acceptors (Lipinski definition) is 4. The third kappa shape index (κ3) is 2.50. The van der Waals surface area contributed by atoms with E-state index < -0.39 is 6.04 Å². The number of phenolic OH excluding ortho intramolecular Hbond substituents is 1. The summed E-state index contributed by atoms with van der Waals surface area (Å²) < 4.78 is 5.01. The van der Waals surface area contributed by atoms with Gasteiger partial charge in [0.2, 0.25) is 0 Å². The number of methoxy groups -OCH3 is 1. The monoisotopic (exact) mass is 303 g/mol. The average molecular weight is 303 g/mol. The van der Waals surface area contributed by atoms with Crippen molar-refractivity contribution in [2.45, 2.75) is 6.04 Å². The van der Waals surface area contributed by atoms with Crippen molar-refractivity contribution < 1.29 is 19.4 Å². The number of hydrogen-bond donors (Lipinski definition) is 3. The van der Waals surface area contributed by atoms with Gasteiger partial charge in [0.25, 0.3) is 5.91 Å². The number of nitrogens with zero attached hydrogens (tertiary/aromatic N) is 1. The third-order valence-corrected chi connectivity index (χ3v) is 3.81. The zero-order valence-electron chi connectivity index (χ0n) is 12.1. The fourth-order valence-electron chi connectivity index (χ4n) is 2.73. The molecule has 1 aromatic rings. The van der Waals surface area contributed by atoms with Crippen LogP contribution in [-0.2, 0) is 9.53 Å². The molecule has 2 heterocycles. The highest BCUT2D eigenvalue weighted by Crippen LogP contribution is 2.32.